The van der Waals surface area contributed by atoms with Gasteiger partial charge in [-0.05, 0) is 19.9 Å². The summed E-state index contributed by atoms with van der Waals surface area (Å²) in [5.41, 5.74) is 0.257. The van der Waals surface area contributed by atoms with Gasteiger partial charge in [-0.3, -0.25) is 9.59 Å². The number of rotatable bonds is 1. The summed E-state index contributed by atoms with van der Waals surface area (Å²) in [6.45, 7) is 11.7. The van der Waals surface area contributed by atoms with Crippen molar-refractivity contribution in [1.29, 1.82) is 0 Å². The molecule has 2 rings (SSSR count). The van der Waals surface area contributed by atoms with Gasteiger partial charge in [-0.1, -0.05) is 20.8 Å². The Hall–Kier alpha value is -1.78. The van der Waals surface area contributed by atoms with Crippen LogP contribution in [0.1, 0.15) is 42.6 Å². The molecular formula is C16H24N2O3. The Balaban J connectivity index is 2.00. The predicted octanol–water partition coefficient (Wildman–Crippen LogP) is 2.23. The van der Waals surface area contributed by atoms with Crippen LogP contribution in [0.15, 0.2) is 10.5 Å². The molecule has 0 radical (unpaired) electrons. The summed E-state index contributed by atoms with van der Waals surface area (Å²) < 4.78 is 5.42. The van der Waals surface area contributed by atoms with Crippen molar-refractivity contribution >= 4 is 11.8 Å². The molecule has 0 aromatic carbocycles. The van der Waals surface area contributed by atoms with Gasteiger partial charge in [0.05, 0.1) is 5.56 Å². The van der Waals surface area contributed by atoms with Crippen molar-refractivity contribution in [2.24, 2.45) is 5.41 Å². The van der Waals surface area contributed by atoms with Crippen LogP contribution in [0.5, 0.6) is 0 Å². The number of carbonyl (C=O) groups is 2. The Morgan fingerprint density at radius 1 is 1.05 bits per heavy atom. The molecule has 0 spiro atoms. The number of nitrogens with zero attached hydrogens (tertiary/aromatic N) is 2. The van der Waals surface area contributed by atoms with E-state index in [9.17, 15) is 9.59 Å². The smallest absolute Gasteiger partial charge is 0.257 e. The summed E-state index contributed by atoms with van der Waals surface area (Å²) in [7, 11) is 0. The third-order valence-electron chi connectivity index (χ3n) is 3.77. The van der Waals surface area contributed by atoms with Crippen LogP contribution in [0.4, 0.5) is 0 Å². The zero-order valence-electron chi connectivity index (χ0n) is 13.5. The number of furan rings is 1. The highest BCUT2D eigenvalue weighted by Gasteiger charge is 2.31. The molecular weight excluding hydrogens is 268 g/mol. The molecule has 1 aromatic rings. The van der Waals surface area contributed by atoms with Gasteiger partial charge in [0.15, 0.2) is 0 Å². The van der Waals surface area contributed by atoms with E-state index < -0.39 is 0 Å². The van der Waals surface area contributed by atoms with E-state index in [1.54, 1.807) is 17.9 Å². The van der Waals surface area contributed by atoms with Crippen molar-refractivity contribution in [3.8, 4) is 0 Å². The van der Waals surface area contributed by atoms with Crippen LogP contribution in [-0.4, -0.2) is 47.8 Å². The number of hydrogen-bond donors (Lipinski definition) is 0. The number of hydrogen-bond acceptors (Lipinski definition) is 3. The Labute approximate surface area is 125 Å². The topological polar surface area (TPSA) is 53.8 Å². The Bertz CT molecular complexity index is 546. The van der Waals surface area contributed by atoms with Gasteiger partial charge in [0.25, 0.3) is 5.91 Å². The van der Waals surface area contributed by atoms with Crippen LogP contribution in [0.3, 0.4) is 0 Å². The minimum Gasteiger partial charge on any atom is -0.466 e. The van der Waals surface area contributed by atoms with E-state index in [-0.39, 0.29) is 17.2 Å². The van der Waals surface area contributed by atoms with Gasteiger partial charge < -0.3 is 14.2 Å². The molecule has 2 amide bonds. The average molecular weight is 292 g/mol. The summed E-state index contributed by atoms with van der Waals surface area (Å²) in [5, 5.41) is 0. The third-order valence-corrected chi connectivity index (χ3v) is 3.77. The van der Waals surface area contributed by atoms with E-state index in [0.29, 0.717) is 37.5 Å². The van der Waals surface area contributed by atoms with Crippen molar-refractivity contribution in [1.82, 2.24) is 9.80 Å². The molecule has 0 saturated carbocycles. The summed E-state index contributed by atoms with van der Waals surface area (Å²) in [4.78, 5) is 28.3. The molecule has 1 aromatic heterocycles. The molecule has 116 valence electrons. The molecule has 0 atom stereocenters. The molecule has 1 aliphatic heterocycles. The first kappa shape index (κ1) is 15.6. The van der Waals surface area contributed by atoms with Crippen LogP contribution in [0.2, 0.25) is 0 Å². The van der Waals surface area contributed by atoms with Gasteiger partial charge in [0.2, 0.25) is 5.91 Å². The zero-order valence-corrected chi connectivity index (χ0v) is 13.5. The standard InChI is InChI=1S/C16H24N2O3/c1-11-10-13(12(2)21-11)14(19)17-6-8-18(9-7-17)15(20)16(3,4)5/h10H,6-9H2,1-5H3. The number of aryl methyl sites for hydroxylation is 2. The summed E-state index contributed by atoms with van der Waals surface area (Å²) >= 11 is 0. The third kappa shape index (κ3) is 3.28. The molecule has 5 nitrogen and oxygen atoms in total. The molecule has 1 saturated heterocycles. The number of carbonyl (C=O) groups excluding carboxylic acids is 2. The molecule has 0 bridgehead atoms. The monoisotopic (exact) mass is 292 g/mol. The van der Waals surface area contributed by atoms with Gasteiger partial charge >= 0.3 is 0 Å². The normalized spacial score (nSPS) is 16.2. The van der Waals surface area contributed by atoms with E-state index in [1.165, 1.54) is 0 Å². The molecule has 1 fully saturated rings. The highest BCUT2D eigenvalue weighted by Crippen LogP contribution is 2.20. The fourth-order valence-corrected chi connectivity index (χ4v) is 2.60. The second-order valence-electron chi connectivity index (χ2n) is 6.66. The SMILES string of the molecule is Cc1cc(C(=O)N2CCN(C(=O)C(C)(C)C)CC2)c(C)o1. The van der Waals surface area contributed by atoms with Gasteiger partial charge in [0.1, 0.15) is 11.5 Å². The largest absolute Gasteiger partial charge is 0.466 e. The van der Waals surface area contributed by atoms with Gasteiger partial charge in [-0.15, -0.1) is 0 Å². The lowest BCUT2D eigenvalue weighted by atomic mass is 9.94. The van der Waals surface area contributed by atoms with E-state index in [2.05, 4.69) is 0 Å². The molecule has 0 N–H and O–H groups in total. The lowest BCUT2D eigenvalue weighted by Gasteiger charge is -2.37. The van der Waals surface area contributed by atoms with Gasteiger partial charge in [-0.25, -0.2) is 0 Å². The molecule has 1 aliphatic rings. The second-order valence-corrected chi connectivity index (χ2v) is 6.66. The Kier molecular flexibility index (Phi) is 4.12. The molecule has 0 aliphatic carbocycles. The van der Waals surface area contributed by atoms with Crippen molar-refractivity contribution in [2.45, 2.75) is 34.6 Å². The first-order valence-electron chi connectivity index (χ1n) is 7.36. The van der Waals surface area contributed by atoms with Crippen molar-refractivity contribution < 1.29 is 14.0 Å². The summed E-state index contributed by atoms with van der Waals surface area (Å²) in [6.07, 6.45) is 0. The van der Waals surface area contributed by atoms with Crippen molar-refractivity contribution in [3.05, 3.63) is 23.2 Å². The lowest BCUT2D eigenvalue weighted by molar-refractivity contribution is -0.140. The minimum absolute atomic E-state index is 0.00722. The highest BCUT2D eigenvalue weighted by molar-refractivity contribution is 5.95. The maximum Gasteiger partial charge on any atom is 0.257 e. The molecule has 5 heteroatoms. The first-order valence-corrected chi connectivity index (χ1v) is 7.36. The fraction of sp³-hybridized carbons (Fsp3) is 0.625. The predicted molar refractivity (Wildman–Crippen MR) is 80.1 cm³/mol. The molecule has 21 heavy (non-hydrogen) atoms. The van der Waals surface area contributed by atoms with Crippen LogP contribution in [0, 0.1) is 19.3 Å². The maximum absolute atomic E-state index is 12.5. The van der Waals surface area contributed by atoms with Crippen molar-refractivity contribution in [2.75, 3.05) is 26.2 Å². The van der Waals surface area contributed by atoms with Gasteiger partial charge in [-0.2, -0.15) is 0 Å². The van der Waals surface area contributed by atoms with Gasteiger partial charge in [0, 0.05) is 31.6 Å². The number of amides is 2. The molecule has 2 heterocycles. The van der Waals surface area contributed by atoms with Crippen LogP contribution < -0.4 is 0 Å². The maximum atomic E-state index is 12.5. The average Bonchev–Trinajstić information content (AvgIpc) is 2.75. The second kappa shape index (κ2) is 5.54. The van der Waals surface area contributed by atoms with E-state index >= 15 is 0 Å². The Morgan fingerprint density at radius 3 is 2.00 bits per heavy atom. The van der Waals surface area contributed by atoms with Crippen LogP contribution in [-0.2, 0) is 4.79 Å². The van der Waals surface area contributed by atoms with Crippen LogP contribution >= 0.6 is 0 Å². The number of piperazine rings is 1. The molecule has 0 unspecified atom stereocenters. The van der Waals surface area contributed by atoms with Crippen molar-refractivity contribution in [3.63, 3.8) is 0 Å². The first-order chi connectivity index (χ1) is 9.70. The van der Waals surface area contributed by atoms with Crippen LogP contribution in [0.25, 0.3) is 0 Å². The Morgan fingerprint density at radius 2 is 1.57 bits per heavy atom. The fourth-order valence-electron chi connectivity index (χ4n) is 2.60. The highest BCUT2D eigenvalue weighted by atomic mass is 16.3. The minimum atomic E-state index is -0.371. The van der Waals surface area contributed by atoms with E-state index in [1.807, 2.05) is 32.6 Å². The summed E-state index contributed by atoms with van der Waals surface area (Å²) in [5.74, 6) is 1.54. The quantitative estimate of drug-likeness (QED) is 0.797. The summed E-state index contributed by atoms with van der Waals surface area (Å²) in [6, 6.07) is 1.78. The van der Waals surface area contributed by atoms with E-state index in [0.717, 1.165) is 5.76 Å². The zero-order chi connectivity index (χ0) is 15.8. The van der Waals surface area contributed by atoms with E-state index in [4.69, 9.17) is 4.42 Å². The lowest BCUT2D eigenvalue weighted by Crippen LogP contribution is -2.53.